The van der Waals surface area contributed by atoms with E-state index in [2.05, 4.69) is 5.10 Å². The lowest BCUT2D eigenvalue weighted by molar-refractivity contribution is -0.141. The predicted octanol–water partition coefficient (Wildman–Crippen LogP) is 3.31. The molecule has 0 saturated carbocycles. The molecule has 114 valence electrons. The molecule has 2 N–H and O–H groups in total. The molecule has 0 aliphatic rings. The number of nitrogens with two attached hydrogens (primary N) is 1. The van der Waals surface area contributed by atoms with E-state index >= 15 is 0 Å². The second kappa shape index (κ2) is 5.85. The lowest BCUT2D eigenvalue weighted by Gasteiger charge is -2.14. The lowest BCUT2D eigenvalue weighted by atomic mass is 10.0. The minimum absolute atomic E-state index is 0.236. The van der Waals surface area contributed by atoms with Crippen molar-refractivity contribution in [3.05, 3.63) is 47.5 Å². The molecule has 1 aromatic heterocycles. The summed E-state index contributed by atoms with van der Waals surface area (Å²) in [6, 6.07) is 4.80. The Morgan fingerprint density at radius 2 is 2.00 bits per heavy atom. The first-order chi connectivity index (χ1) is 9.82. The molecule has 1 heterocycles. The van der Waals surface area contributed by atoms with Gasteiger partial charge in [-0.15, -0.1) is 0 Å². The maximum absolute atomic E-state index is 14.0. The summed E-state index contributed by atoms with van der Waals surface area (Å²) in [6.07, 6.45) is -2.49. The first-order valence-corrected chi connectivity index (χ1v) is 6.49. The highest BCUT2D eigenvalue weighted by molar-refractivity contribution is 5.42. The second-order valence-electron chi connectivity index (χ2n) is 4.75. The van der Waals surface area contributed by atoms with Crippen molar-refractivity contribution in [3.63, 3.8) is 0 Å². The van der Waals surface area contributed by atoms with Crippen LogP contribution in [0.4, 0.5) is 17.6 Å². The van der Waals surface area contributed by atoms with Crippen LogP contribution in [0.5, 0.6) is 0 Å². The Kier molecular flexibility index (Phi) is 4.32. The summed E-state index contributed by atoms with van der Waals surface area (Å²) < 4.78 is 52.8. The van der Waals surface area contributed by atoms with Gasteiger partial charge in [0.25, 0.3) is 0 Å². The summed E-state index contributed by atoms with van der Waals surface area (Å²) in [7, 11) is 0. The fourth-order valence-corrected chi connectivity index (χ4v) is 1.98. The average molecular weight is 301 g/mol. The van der Waals surface area contributed by atoms with Crippen LogP contribution < -0.4 is 5.73 Å². The quantitative estimate of drug-likeness (QED) is 0.881. The topological polar surface area (TPSA) is 43.8 Å². The molecule has 1 unspecified atom stereocenters. The van der Waals surface area contributed by atoms with Crippen LogP contribution in [0.2, 0.25) is 0 Å². The first kappa shape index (κ1) is 15.5. The summed E-state index contributed by atoms with van der Waals surface area (Å²) >= 11 is 0. The van der Waals surface area contributed by atoms with E-state index in [0.29, 0.717) is 6.42 Å². The van der Waals surface area contributed by atoms with Gasteiger partial charge in [0.15, 0.2) is 5.69 Å². The van der Waals surface area contributed by atoms with Crippen LogP contribution in [0.1, 0.15) is 24.6 Å². The van der Waals surface area contributed by atoms with Gasteiger partial charge in [-0.25, -0.2) is 9.07 Å². The van der Waals surface area contributed by atoms with Crippen LogP contribution in [0, 0.1) is 5.82 Å². The maximum Gasteiger partial charge on any atom is 0.435 e. The third-order valence-electron chi connectivity index (χ3n) is 3.21. The summed E-state index contributed by atoms with van der Waals surface area (Å²) in [6.45, 7) is 1.86. The van der Waals surface area contributed by atoms with Crippen LogP contribution >= 0.6 is 0 Å². The Hall–Kier alpha value is -1.89. The Labute approximate surface area is 119 Å². The zero-order valence-electron chi connectivity index (χ0n) is 11.4. The Morgan fingerprint density at radius 3 is 2.57 bits per heavy atom. The van der Waals surface area contributed by atoms with Crippen molar-refractivity contribution in [2.45, 2.75) is 32.0 Å². The van der Waals surface area contributed by atoms with Gasteiger partial charge < -0.3 is 5.73 Å². The number of rotatable bonds is 4. The van der Waals surface area contributed by atoms with Gasteiger partial charge in [-0.1, -0.05) is 13.0 Å². The summed E-state index contributed by atoms with van der Waals surface area (Å²) in [5.74, 6) is -0.500. The van der Waals surface area contributed by atoms with Crippen molar-refractivity contribution in [1.82, 2.24) is 9.78 Å². The molecule has 0 radical (unpaired) electrons. The molecule has 0 saturated heterocycles. The fourth-order valence-electron chi connectivity index (χ4n) is 1.98. The van der Waals surface area contributed by atoms with Gasteiger partial charge in [-0.05, 0) is 31.0 Å². The predicted molar refractivity (Wildman–Crippen MR) is 70.5 cm³/mol. The molecule has 1 aromatic carbocycles. The van der Waals surface area contributed by atoms with Gasteiger partial charge in [-0.3, -0.25) is 0 Å². The molecule has 0 bridgehead atoms. The third-order valence-corrected chi connectivity index (χ3v) is 3.21. The number of aromatic nitrogens is 2. The lowest BCUT2D eigenvalue weighted by Crippen LogP contribution is -2.23. The molecule has 0 aliphatic heterocycles. The van der Waals surface area contributed by atoms with E-state index in [9.17, 15) is 17.6 Å². The molecule has 7 heteroatoms. The van der Waals surface area contributed by atoms with Crippen molar-refractivity contribution >= 4 is 0 Å². The second-order valence-corrected chi connectivity index (χ2v) is 4.75. The Morgan fingerprint density at radius 1 is 1.29 bits per heavy atom. The zero-order chi connectivity index (χ0) is 15.6. The number of nitrogens with zero attached hydrogens (tertiary/aromatic N) is 2. The molecule has 2 aromatic rings. The minimum Gasteiger partial charge on any atom is -0.327 e. The third kappa shape index (κ3) is 3.41. The summed E-state index contributed by atoms with van der Waals surface area (Å²) in [4.78, 5) is 0. The highest BCUT2D eigenvalue weighted by atomic mass is 19.4. The van der Waals surface area contributed by atoms with E-state index in [1.54, 1.807) is 0 Å². The molecule has 21 heavy (non-hydrogen) atoms. The van der Waals surface area contributed by atoms with E-state index in [4.69, 9.17) is 5.73 Å². The van der Waals surface area contributed by atoms with E-state index in [0.717, 1.165) is 10.7 Å². The molecule has 0 aliphatic carbocycles. The van der Waals surface area contributed by atoms with Gasteiger partial charge >= 0.3 is 6.18 Å². The van der Waals surface area contributed by atoms with Crippen LogP contribution in [-0.4, -0.2) is 15.8 Å². The summed E-state index contributed by atoms with van der Waals surface area (Å²) in [5, 5.41) is 3.47. The Bertz CT molecular complexity index is 619. The van der Waals surface area contributed by atoms with Crippen molar-refractivity contribution < 1.29 is 17.6 Å². The van der Waals surface area contributed by atoms with E-state index in [1.165, 1.54) is 24.4 Å². The van der Waals surface area contributed by atoms with Gasteiger partial charge in [0.2, 0.25) is 0 Å². The molecule has 3 nitrogen and oxygen atoms in total. The number of halogens is 4. The Balaban J connectivity index is 2.44. The molecule has 0 fully saturated rings. The SMILES string of the molecule is CCC(N)Cc1c(F)cccc1-n1ccc(C(F)(F)F)n1. The molecular formula is C14H15F4N3. The van der Waals surface area contributed by atoms with Gasteiger partial charge in [0.05, 0.1) is 5.69 Å². The van der Waals surface area contributed by atoms with Crippen molar-refractivity contribution in [1.29, 1.82) is 0 Å². The van der Waals surface area contributed by atoms with Gasteiger partial charge in [0, 0.05) is 17.8 Å². The molecular weight excluding hydrogens is 286 g/mol. The normalized spacial score (nSPS) is 13.4. The van der Waals surface area contributed by atoms with E-state index in [-0.39, 0.29) is 23.7 Å². The number of hydrogen-bond acceptors (Lipinski definition) is 2. The standard InChI is InChI=1S/C14H15F4N3/c1-2-9(19)8-10-11(15)4-3-5-12(10)21-7-6-13(20-21)14(16,17)18/h3-7,9H,2,8,19H2,1H3. The van der Waals surface area contributed by atoms with Crippen molar-refractivity contribution in [3.8, 4) is 5.69 Å². The molecule has 1 atom stereocenters. The van der Waals surface area contributed by atoms with Crippen LogP contribution in [0.15, 0.2) is 30.5 Å². The first-order valence-electron chi connectivity index (χ1n) is 6.49. The van der Waals surface area contributed by atoms with Crippen molar-refractivity contribution in [2.75, 3.05) is 0 Å². The largest absolute Gasteiger partial charge is 0.435 e. The highest BCUT2D eigenvalue weighted by Gasteiger charge is 2.33. The number of hydrogen-bond donors (Lipinski definition) is 1. The molecule has 0 spiro atoms. The summed E-state index contributed by atoms with van der Waals surface area (Å²) in [5.41, 5.74) is 5.34. The highest BCUT2D eigenvalue weighted by Crippen LogP contribution is 2.28. The van der Waals surface area contributed by atoms with E-state index in [1.807, 2.05) is 6.92 Å². The zero-order valence-corrected chi connectivity index (χ0v) is 11.4. The smallest absolute Gasteiger partial charge is 0.327 e. The minimum atomic E-state index is -4.53. The molecule has 2 rings (SSSR count). The van der Waals surface area contributed by atoms with Crippen LogP contribution in [-0.2, 0) is 12.6 Å². The van der Waals surface area contributed by atoms with Crippen molar-refractivity contribution in [2.24, 2.45) is 5.73 Å². The monoisotopic (exact) mass is 301 g/mol. The number of benzene rings is 1. The van der Waals surface area contributed by atoms with Crippen LogP contribution in [0.3, 0.4) is 0 Å². The molecule has 0 amide bonds. The number of alkyl halides is 3. The van der Waals surface area contributed by atoms with E-state index < -0.39 is 17.7 Å². The fraction of sp³-hybridized carbons (Fsp3) is 0.357. The van der Waals surface area contributed by atoms with Gasteiger partial charge in [-0.2, -0.15) is 18.3 Å². The van der Waals surface area contributed by atoms with Crippen LogP contribution in [0.25, 0.3) is 5.69 Å². The average Bonchev–Trinajstić information content (AvgIpc) is 2.90. The maximum atomic E-state index is 14.0. The van der Waals surface area contributed by atoms with Gasteiger partial charge in [0.1, 0.15) is 5.82 Å².